The van der Waals surface area contributed by atoms with Crippen LogP contribution in [-0.4, -0.2) is 50.9 Å². The van der Waals surface area contributed by atoms with E-state index in [1.165, 1.54) is 5.56 Å². The van der Waals surface area contributed by atoms with Gasteiger partial charge in [0.15, 0.2) is 5.82 Å². The largest absolute Gasteiger partial charge is 0.373 e. The van der Waals surface area contributed by atoms with Crippen LogP contribution in [0.15, 0.2) is 61.1 Å². The third kappa shape index (κ3) is 4.88. The number of rotatable bonds is 5. The maximum atomic E-state index is 12.5. The molecule has 1 N–H and O–H groups in total. The van der Waals surface area contributed by atoms with Crippen LogP contribution in [0.1, 0.15) is 29.8 Å². The van der Waals surface area contributed by atoms with Crippen molar-refractivity contribution >= 4 is 11.6 Å². The van der Waals surface area contributed by atoms with Gasteiger partial charge in [0.1, 0.15) is 0 Å². The van der Waals surface area contributed by atoms with E-state index >= 15 is 0 Å². The number of hydrogen-bond donors (Lipinski definition) is 1. The lowest BCUT2D eigenvalue weighted by molar-refractivity contribution is -0.0704. The number of carbonyl (C=O) groups is 1. The van der Waals surface area contributed by atoms with E-state index in [2.05, 4.69) is 34.1 Å². The number of aromatic nitrogens is 3. The molecule has 1 aliphatic rings. The van der Waals surface area contributed by atoms with Crippen molar-refractivity contribution in [1.82, 2.24) is 19.7 Å². The smallest absolute Gasteiger partial charge is 0.255 e. The Kier molecular flexibility index (Phi) is 5.69. The molecule has 0 bridgehead atoms. The molecule has 150 valence electrons. The van der Waals surface area contributed by atoms with Gasteiger partial charge in [-0.05, 0) is 49.7 Å². The first kappa shape index (κ1) is 19.3. The number of amides is 1. The lowest BCUT2D eigenvalue weighted by Crippen LogP contribution is -2.44. The molecule has 1 fully saturated rings. The number of ether oxygens (including phenoxy) is 1. The van der Waals surface area contributed by atoms with Gasteiger partial charge in [-0.2, -0.15) is 5.10 Å². The molecule has 1 aromatic carbocycles. The van der Waals surface area contributed by atoms with Crippen molar-refractivity contribution in [3.63, 3.8) is 0 Å². The summed E-state index contributed by atoms with van der Waals surface area (Å²) in [4.78, 5) is 19.3. The number of morpholine rings is 1. The van der Waals surface area contributed by atoms with Crippen LogP contribution in [-0.2, 0) is 11.3 Å². The Balaban J connectivity index is 1.35. The Hall–Kier alpha value is -3.03. The number of nitrogens with zero attached hydrogens (tertiary/aromatic N) is 4. The highest BCUT2D eigenvalue weighted by atomic mass is 16.5. The lowest BCUT2D eigenvalue weighted by Gasteiger charge is -2.35. The van der Waals surface area contributed by atoms with Crippen LogP contribution in [0.2, 0.25) is 0 Å². The average molecular weight is 391 g/mol. The summed E-state index contributed by atoms with van der Waals surface area (Å²) in [5.74, 6) is 0.544. The van der Waals surface area contributed by atoms with Gasteiger partial charge in [-0.1, -0.05) is 12.1 Å². The molecular formula is C22H25N5O2. The topological polar surface area (TPSA) is 72.3 Å². The maximum Gasteiger partial charge on any atom is 0.255 e. The Labute approximate surface area is 170 Å². The summed E-state index contributed by atoms with van der Waals surface area (Å²) < 4.78 is 7.45. The van der Waals surface area contributed by atoms with Crippen LogP contribution in [0, 0.1) is 0 Å². The zero-order valence-corrected chi connectivity index (χ0v) is 16.7. The van der Waals surface area contributed by atoms with Gasteiger partial charge >= 0.3 is 0 Å². The quantitative estimate of drug-likeness (QED) is 0.723. The van der Waals surface area contributed by atoms with Gasteiger partial charge in [-0.3, -0.25) is 9.69 Å². The van der Waals surface area contributed by atoms with Crippen LogP contribution in [0.4, 0.5) is 5.69 Å². The third-order valence-corrected chi connectivity index (χ3v) is 4.86. The fourth-order valence-corrected chi connectivity index (χ4v) is 3.64. The molecule has 1 aliphatic heterocycles. The molecule has 0 radical (unpaired) electrons. The molecule has 3 aromatic rings. The first-order chi connectivity index (χ1) is 14.1. The fraction of sp³-hybridized carbons (Fsp3) is 0.318. The second-order valence-corrected chi connectivity index (χ2v) is 7.46. The highest BCUT2D eigenvalue weighted by Crippen LogP contribution is 2.16. The molecule has 1 saturated heterocycles. The molecule has 0 unspecified atom stereocenters. The summed E-state index contributed by atoms with van der Waals surface area (Å²) in [7, 11) is 0. The van der Waals surface area contributed by atoms with E-state index in [9.17, 15) is 4.79 Å². The molecule has 2 aromatic heterocycles. The molecule has 0 saturated carbocycles. The number of pyridine rings is 1. The van der Waals surface area contributed by atoms with E-state index in [4.69, 9.17) is 4.74 Å². The number of carbonyl (C=O) groups excluding carboxylic acids is 1. The van der Waals surface area contributed by atoms with Gasteiger partial charge in [0.2, 0.25) is 0 Å². The highest BCUT2D eigenvalue weighted by molar-refractivity contribution is 6.04. The van der Waals surface area contributed by atoms with Gasteiger partial charge in [-0.25, -0.2) is 9.67 Å². The summed E-state index contributed by atoms with van der Waals surface area (Å²) >= 11 is 0. The SMILES string of the molecule is C[C@@H]1CN(Cc2ccc(C(=O)Nc3ccc(-n4cccn4)nc3)cc2)C[C@@H](C)O1. The summed E-state index contributed by atoms with van der Waals surface area (Å²) in [5, 5.41) is 7.02. The van der Waals surface area contributed by atoms with Crippen LogP contribution in [0.5, 0.6) is 0 Å². The van der Waals surface area contributed by atoms with Gasteiger partial charge in [-0.15, -0.1) is 0 Å². The van der Waals surface area contributed by atoms with Crippen molar-refractivity contribution in [1.29, 1.82) is 0 Å². The van der Waals surface area contributed by atoms with Crippen LogP contribution < -0.4 is 5.32 Å². The monoisotopic (exact) mass is 391 g/mol. The van der Waals surface area contributed by atoms with Crippen molar-refractivity contribution in [2.24, 2.45) is 0 Å². The molecular weight excluding hydrogens is 366 g/mol. The minimum atomic E-state index is -0.154. The Morgan fingerprint density at radius 1 is 1.14 bits per heavy atom. The number of nitrogens with one attached hydrogen (secondary N) is 1. The molecule has 0 spiro atoms. The van der Waals surface area contributed by atoms with E-state index in [0.717, 1.165) is 19.6 Å². The summed E-state index contributed by atoms with van der Waals surface area (Å²) in [6, 6.07) is 13.2. The fourth-order valence-electron chi connectivity index (χ4n) is 3.64. The standard InChI is InChI=1S/C22H25N5O2/c1-16-13-26(14-17(2)29-16)15-18-4-6-19(7-5-18)22(28)25-20-8-9-21(23-12-20)27-11-3-10-24-27/h3-12,16-17H,13-15H2,1-2H3,(H,25,28)/t16-,17-/m1/s1. The normalized spacial score (nSPS) is 19.8. The Morgan fingerprint density at radius 3 is 2.52 bits per heavy atom. The zero-order chi connectivity index (χ0) is 20.2. The number of hydrogen-bond acceptors (Lipinski definition) is 5. The molecule has 7 nitrogen and oxygen atoms in total. The van der Waals surface area contributed by atoms with E-state index in [0.29, 0.717) is 17.1 Å². The van der Waals surface area contributed by atoms with Crippen molar-refractivity contribution in [3.05, 3.63) is 72.2 Å². The van der Waals surface area contributed by atoms with Crippen LogP contribution >= 0.6 is 0 Å². The third-order valence-electron chi connectivity index (χ3n) is 4.86. The van der Waals surface area contributed by atoms with E-state index in [1.54, 1.807) is 17.1 Å². The Bertz CT molecular complexity index is 928. The van der Waals surface area contributed by atoms with Crippen LogP contribution in [0.25, 0.3) is 5.82 Å². The predicted octanol–water partition coefficient (Wildman–Crippen LogP) is 3.13. The van der Waals surface area contributed by atoms with Gasteiger partial charge in [0.05, 0.1) is 24.1 Å². The second kappa shape index (κ2) is 8.55. The molecule has 3 heterocycles. The van der Waals surface area contributed by atoms with Crippen molar-refractivity contribution in [2.75, 3.05) is 18.4 Å². The molecule has 29 heavy (non-hydrogen) atoms. The molecule has 0 aliphatic carbocycles. The minimum absolute atomic E-state index is 0.154. The zero-order valence-electron chi connectivity index (χ0n) is 16.7. The minimum Gasteiger partial charge on any atom is -0.373 e. The molecule has 1 amide bonds. The number of anilines is 1. The van der Waals surface area contributed by atoms with Gasteiger partial charge in [0, 0.05) is 37.6 Å². The first-order valence-electron chi connectivity index (χ1n) is 9.81. The molecule has 7 heteroatoms. The molecule has 2 atom stereocenters. The van der Waals surface area contributed by atoms with Crippen molar-refractivity contribution < 1.29 is 9.53 Å². The van der Waals surface area contributed by atoms with E-state index < -0.39 is 0 Å². The average Bonchev–Trinajstić information content (AvgIpc) is 3.23. The van der Waals surface area contributed by atoms with E-state index in [-0.39, 0.29) is 18.1 Å². The van der Waals surface area contributed by atoms with Crippen LogP contribution in [0.3, 0.4) is 0 Å². The lowest BCUT2D eigenvalue weighted by atomic mass is 10.1. The summed E-state index contributed by atoms with van der Waals surface area (Å²) in [5.41, 5.74) is 2.45. The predicted molar refractivity (Wildman–Crippen MR) is 111 cm³/mol. The summed E-state index contributed by atoms with van der Waals surface area (Å²) in [6.45, 7) is 6.92. The summed E-state index contributed by atoms with van der Waals surface area (Å²) in [6.07, 6.45) is 5.64. The highest BCUT2D eigenvalue weighted by Gasteiger charge is 2.22. The van der Waals surface area contributed by atoms with E-state index in [1.807, 2.05) is 48.7 Å². The van der Waals surface area contributed by atoms with Gasteiger partial charge < -0.3 is 10.1 Å². The second-order valence-electron chi connectivity index (χ2n) is 7.46. The van der Waals surface area contributed by atoms with Crippen molar-refractivity contribution in [3.8, 4) is 5.82 Å². The maximum absolute atomic E-state index is 12.5. The molecule has 4 rings (SSSR count). The number of benzene rings is 1. The Morgan fingerprint density at radius 2 is 1.90 bits per heavy atom. The first-order valence-corrected chi connectivity index (χ1v) is 9.81. The van der Waals surface area contributed by atoms with Crippen molar-refractivity contribution in [2.45, 2.75) is 32.6 Å². The van der Waals surface area contributed by atoms with Gasteiger partial charge in [0.25, 0.3) is 5.91 Å².